The van der Waals surface area contributed by atoms with Crippen LogP contribution in [0.25, 0.3) is 0 Å². The lowest BCUT2D eigenvalue weighted by molar-refractivity contribution is -0.141. The molecule has 1 rings (SSSR count). The summed E-state index contributed by atoms with van der Waals surface area (Å²) in [5.41, 5.74) is -0.605. The Morgan fingerprint density at radius 1 is 1.62 bits per heavy atom. The fraction of sp³-hybridized carbons (Fsp3) is 0.500. The predicted octanol–water partition coefficient (Wildman–Crippen LogP) is 1.99. The number of nitrogens with zero attached hydrogens (tertiary/aromatic N) is 2. The first-order valence-corrected chi connectivity index (χ1v) is 5.37. The van der Waals surface area contributed by atoms with Gasteiger partial charge in [-0.25, -0.2) is 0 Å². The van der Waals surface area contributed by atoms with Crippen molar-refractivity contribution in [2.45, 2.75) is 19.0 Å². The number of thioether (sulfide) groups is 1. The number of hydrogen-bond donors (Lipinski definition) is 1. The van der Waals surface area contributed by atoms with Crippen LogP contribution in [0, 0.1) is 6.92 Å². The number of hydrogen-bond acceptors (Lipinski definition) is 3. The van der Waals surface area contributed by atoms with Gasteiger partial charge in [0.15, 0.2) is 5.69 Å². The Morgan fingerprint density at radius 3 is 2.69 bits per heavy atom. The number of rotatable bonds is 4. The molecular formula is C8H9F3N2O2S. The number of aromatic nitrogens is 2. The van der Waals surface area contributed by atoms with Crippen molar-refractivity contribution in [1.82, 2.24) is 9.78 Å². The van der Waals surface area contributed by atoms with Crippen molar-refractivity contribution in [1.29, 1.82) is 0 Å². The molecule has 0 saturated heterocycles. The molecule has 0 spiro atoms. The molecule has 0 unspecified atom stereocenters. The molecule has 0 aliphatic heterocycles. The highest BCUT2D eigenvalue weighted by molar-refractivity contribution is 7.98. The highest BCUT2D eigenvalue weighted by Gasteiger charge is 2.34. The van der Waals surface area contributed by atoms with E-state index in [0.717, 1.165) is 22.5 Å². The standard InChI is InChI=1S/C8H9F3N2O2S/c1-5-2-6(8(9,10)11)12-13(5)4-16-3-7(14)15/h2H,3-4H2,1H3,(H,14,15). The van der Waals surface area contributed by atoms with Crippen LogP contribution in [-0.2, 0) is 16.8 Å². The Morgan fingerprint density at radius 2 is 2.25 bits per heavy atom. The van der Waals surface area contributed by atoms with E-state index in [1.54, 1.807) is 0 Å². The second kappa shape index (κ2) is 4.77. The number of aliphatic carboxylic acids is 1. The van der Waals surface area contributed by atoms with Crippen LogP contribution >= 0.6 is 11.8 Å². The molecule has 0 amide bonds. The molecule has 0 radical (unpaired) electrons. The van der Waals surface area contributed by atoms with Crippen molar-refractivity contribution >= 4 is 17.7 Å². The maximum Gasteiger partial charge on any atom is 0.435 e. The fourth-order valence-electron chi connectivity index (χ4n) is 0.999. The van der Waals surface area contributed by atoms with Gasteiger partial charge in [-0.3, -0.25) is 9.48 Å². The molecular weight excluding hydrogens is 245 g/mol. The third kappa shape index (κ3) is 3.44. The largest absolute Gasteiger partial charge is 0.481 e. The minimum atomic E-state index is -4.46. The van der Waals surface area contributed by atoms with Crippen molar-refractivity contribution in [3.8, 4) is 0 Å². The molecule has 0 aliphatic rings. The number of carbonyl (C=O) groups is 1. The Kier molecular flexibility index (Phi) is 3.84. The van der Waals surface area contributed by atoms with Crippen molar-refractivity contribution in [2.24, 2.45) is 0 Å². The quantitative estimate of drug-likeness (QED) is 0.892. The van der Waals surface area contributed by atoms with Crippen LogP contribution in [0.5, 0.6) is 0 Å². The first-order valence-electron chi connectivity index (χ1n) is 4.22. The van der Waals surface area contributed by atoms with Crippen LogP contribution in [0.3, 0.4) is 0 Å². The summed E-state index contributed by atoms with van der Waals surface area (Å²) in [6.45, 7) is 1.49. The molecule has 8 heteroatoms. The van der Waals surface area contributed by atoms with E-state index >= 15 is 0 Å². The minimum absolute atomic E-state index is 0.0915. The Bertz CT molecular complexity index is 389. The van der Waals surface area contributed by atoms with E-state index in [2.05, 4.69) is 5.10 Å². The molecule has 90 valence electrons. The van der Waals surface area contributed by atoms with Crippen molar-refractivity contribution in [3.63, 3.8) is 0 Å². The molecule has 1 aromatic heterocycles. The highest BCUT2D eigenvalue weighted by Crippen LogP contribution is 2.28. The minimum Gasteiger partial charge on any atom is -0.481 e. The molecule has 4 nitrogen and oxygen atoms in total. The van der Waals surface area contributed by atoms with Gasteiger partial charge in [-0.2, -0.15) is 18.3 Å². The lowest BCUT2D eigenvalue weighted by Crippen LogP contribution is -2.08. The molecule has 1 N–H and O–H groups in total. The van der Waals surface area contributed by atoms with Gasteiger partial charge in [0.25, 0.3) is 0 Å². The van der Waals surface area contributed by atoms with Gasteiger partial charge in [0.1, 0.15) is 0 Å². The molecule has 0 aromatic carbocycles. The summed E-state index contributed by atoms with van der Waals surface area (Å²) in [5.74, 6) is -1.08. The highest BCUT2D eigenvalue weighted by atomic mass is 32.2. The number of carboxylic acids is 1. The Hall–Kier alpha value is -1.18. The second-order valence-electron chi connectivity index (χ2n) is 3.04. The topological polar surface area (TPSA) is 55.1 Å². The van der Waals surface area contributed by atoms with E-state index in [1.807, 2.05) is 0 Å². The van der Waals surface area contributed by atoms with Crippen LogP contribution in [0.1, 0.15) is 11.4 Å². The summed E-state index contributed by atoms with van der Waals surface area (Å²) in [6, 6.07) is 0.932. The first kappa shape index (κ1) is 12.9. The number of carboxylic acid groups (broad SMARTS) is 1. The first-order chi connectivity index (χ1) is 7.30. The zero-order valence-corrected chi connectivity index (χ0v) is 9.10. The van der Waals surface area contributed by atoms with Crippen LogP contribution < -0.4 is 0 Å². The van der Waals surface area contributed by atoms with Crippen molar-refractivity contribution in [3.05, 3.63) is 17.5 Å². The van der Waals surface area contributed by atoms with E-state index in [9.17, 15) is 18.0 Å². The van der Waals surface area contributed by atoms with Gasteiger partial charge in [-0.15, -0.1) is 11.8 Å². The smallest absolute Gasteiger partial charge is 0.435 e. The second-order valence-corrected chi connectivity index (χ2v) is 3.99. The molecule has 1 heterocycles. The third-order valence-corrected chi connectivity index (χ3v) is 2.59. The summed E-state index contributed by atoms with van der Waals surface area (Å²) in [6.07, 6.45) is -4.46. The summed E-state index contributed by atoms with van der Waals surface area (Å²) in [4.78, 5) is 10.2. The van der Waals surface area contributed by atoms with Gasteiger partial charge in [-0.05, 0) is 13.0 Å². The summed E-state index contributed by atoms with van der Waals surface area (Å²) in [7, 11) is 0. The van der Waals surface area contributed by atoms with Crippen LogP contribution in [0.2, 0.25) is 0 Å². The van der Waals surface area contributed by atoms with Gasteiger partial charge in [0.2, 0.25) is 0 Å². The van der Waals surface area contributed by atoms with Gasteiger partial charge < -0.3 is 5.11 Å². The fourth-order valence-corrected chi connectivity index (χ4v) is 1.70. The zero-order chi connectivity index (χ0) is 12.3. The molecule has 0 atom stereocenters. The van der Waals surface area contributed by atoms with Crippen LogP contribution in [-0.4, -0.2) is 26.6 Å². The molecule has 0 bridgehead atoms. The molecule has 16 heavy (non-hydrogen) atoms. The number of aryl methyl sites for hydroxylation is 1. The van der Waals surface area contributed by atoms with Gasteiger partial charge in [0.05, 0.1) is 11.6 Å². The number of halogens is 3. The van der Waals surface area contributed by atoms with Crippen molar-refractivity contribution < 1.29 is 23.1 Å². The monoisotopic (exact) mass is 254 g/mol. The molecule has 0 fully saturated rings. The van der Waals surface area contributed by atoms with Gasteiger partial charge >= 0.3 is 12.1 Å². The average molecular weight is 254 g/mol. The summed E-state index contributed by atoms with van der Waals surface area (Å²) in [5, 5.41) is 11.7. The van der Waals surface area contributed by atoms with Crippen LogP contribution in [0.4, 0.5) is 13.2 Å². The Labute approximate surface area is 93.4 Å². The van der Waals surface area contributed by atoms with Gasteiger partial charge in [0, 0.05) is 5.69 Å². The lowest BCUT2D eigenvalue weighted by Gasteiger charge is -2.02. The summed E-state index contributed by atoms with van der Waals surface area (Å²) >= 11 is 0.986. The van der Waals surface area contributed by atoms with E-state index in [0.29, 0.717) is 5.69 Å². The molecule has 1 aromatic rings. The third-order valence-electron chi connectivity index (χ3n) is 1.71. The van der Waals surface area contributed by atoms with E-state index in [4.69, 9.17) is 5.11 Å². The van der Waals surface area contributed by atoms with Crippen molar-refractivity contribution in [2.75, 3.05) is 5.75 Å². The normalized spacial score (nSPS) is 11.8. The predicted molar refractivity (Wildman–Crippen MR) is 52.1 cm³/mol. The molecule has 0 aliphatic carbocycles. The Balaban J connectivity index is 2.67. The SMILES string of the molecule is Cc1cc(C(F)(F)F)nn1CSCC(=O)O. The van der Waals surface area contributed by atoms with E-state index in [-0.39, 0.29) is 11.6 Å². The van der Waals surface area contributed by atoms with E-state index in [1.165, 1.54) is 6.92 Å². The number of alkyl halides is 3. The molecule has 0 saturated carbocycles. The van der Waals surface area contributed by atoms with Gasteiger partial charge in [-0.1, -0.05) is 0 Å². The maximum atomic E-state index is 12.3. The lowest BCUT2D eigenvalue weighted by atomic mass is 10.4. The zero-order valence-electron chi connectivity index (χ0n) is 8.28. The maximum absolute atomic E-state index is 12.3. The summed E-state index contributed by atoms with van der Waals surface area (Å²) < 4.78 is 37.9. The van der Waals surface area contributed by atoms with E-state index < -0.39 is 17.8 Å². The van der Waals surface area contributed by atoms with Crippen LogP contribution in [0.15, 0.2) is 6.07 Å². The average Bonchev–Trinajstić information content (AvgIpc) is 2.46.